The second-order valence-electron chi connectivity index (χ2n) is 10.7. The molecule has 0 aromatic heterocycles. The number of piperidine rings is 1. The molecule has 152 valence electrons. The van der Waals surface area contributed by atoms with Gasteiger partial charge >= 0.3 is 0 Å². The number of likely N-dealkylation sites (tertiary alicyclic amines) is 1. The third-order valence-corrected chi connectivity index (χ3v) is 9.85. The topological polar surface area (TPSA) is 35.5 Å². The van der Waals surface area contributed by atoms with Crippen LogP contribution in [0.25, 0.3) is 0 Å². The largest absolute Gasteiger partial charge is 0.508 e. The molecule has 6 rings (SSSR count). The molecule has 0 radical (unpaired) electrons. The lowest BCUT2D eigenvalue weighted by atomic mass is 9.47. The number of benzene rings is 1. The first kappa shape index (κ1) is 17.8. The Morgan fingerprint density at radius 1 is 1.21 bits per heavy atom. The highest BCUT2D eigenvalue weighted by atomic mass is 16.3. The summed E-state index contributed by atoms with van der Waals surface area (Å²) in [6.45, 7) is 8.65. The highest BCUT2D eigenvalue weighted by Crippen LogP contribution is 2.72. The molecule has 2 heterocycles. The second-order valence-corrected chi connectivity index (χ2v) is 10.7. The van der Waals surface area contributed by atoms with E-state index in [0.29, 0.717) is 23.2 Å². The molecule has 2 saturated heterocycles. The molecule has 3 nitrogen and oxygen atoms in total. The Bertz CT molecular complexity index is 789. The van der Waals surface area contributed by atoms with Crippen LogP contribution in [0.4, 0.5) is 0 Å². The highest BCUT2D eigenvalue weighted by Gasteiger charge is 2.72. The highest BCUT2D eigenvalue weighted by molar-refractivity contribution is 5.47. The molecule has 5 aliphatic rings. The zero-order valence-electron chi connectivity index (χ0n) is 17.6. The van der Waals surface area contributed by atoms with Gasteiger partial charge in [0.15, 0.2) is 0 Å². The van der Waals surface area contributed by atoms with Crippen molar-refractivity contribution in [3.8, 4) is 5.75 Å². The minimum atomic E-state index is 0.258. The number of phenolic OH excluding ortho intramolecular Hbond substituents is 1. The van der Waals surface area contributed by atoms with Crippen molar-refractivity contribution in [2.75, 3.05) is 19.6 Å². The van der Waals surface area contributed by atoms with E-state index in [4.69, 9.17) is 0 Å². The summed E-state index contributed by atoms with van der Waals surface area (Å²) >= 11 is 0. The van der Waals surface area contributed by atoms with E-state index < -0.39 is 0 Å². The van der Waals surface area contributed by atoms with Crippen LogP contribution in [0.5, 0.6) is 5.75 Å². The number of hydrogen-bond donors (Lipinski definition) is 2. The molecule has 2 bridgehead atoms. The standard InChI is InChI=1S/C25H36N2O/c1-3-18-6-7-20(28)12-21(18)25-10-11-27(15-17-4-5-17)16(2)24(25)9-8-22-23(25)19(13-24)14-26-22/h6-7,12,16-17,19,22-23,26,28H,3-5,8-11,13-15H2,1-2H3/t16?,19-,22?,23?,24?,25?/m1/s1. The van der Waals surface area contributed by atoms with Crippen molar-refractivity contribution in [2.45, 2.75) is 76.3 Å². The number of rotatable bonds is 4. The summed E-state index contributed by atoms with van der Waals surface area (Å²) in [5.74, 6) is 3.02. The summed E-state index contributed by atoms with van der Waals surface area (Å²) in [5.41, 5.74) is 3.66. The fourth-order valence-corrected chi connectivity index (χ4v) is 8.61. The Labute approximate surface area is 169 Å². The average Bonchev–Trinajstić information content (AvgIpc) is 3.37. The summed E-state index contributed by atoms with van der Waals surface area (Å²) < 4.78 is 0. The van der Waals surface area contributed by atoms with Gasteiger partial charge in [0, 0.05) is 24.0 Å². The lowest BCUT2D eigenvalue weighted by molar-refractivity contribution is -0.0782. The zero-order chi connectivity index (χ0) is 19.1. The van der Waals surface area contributed by atoms with E-state index in [0.717, 1.165) is 24.2 Å². The molecule has 6 atom stereocenters. The first-order chi connectivity index (χ1) is 13.6. The smallest absolute Gasteiger partial charge is 0.115 e. The first-order valence-electron chi connectivity index (χ1n) is 11.9. The van der Waals surface area contributed by atoms with Gasteiger partial charge in [0.1, 0.15) is 5.75 Å². The molecular weight excluding hydrogens is 344 g/mol. The quantitative estimate of drug-likeness (QED) is 0.826. The van der Waals surface area contributed by atoms with Crippen LogP contribution >= 0.6 is 0 Å². The molecule has 2 aliphatic heterocycles. The van der Waals surface area contributed by atoms with E-state index in [1.807, 2.05) is 6.07 Å². The van der Waals surface area contributed by atoms with Crippen LogP contribution in [-0.4, -0.2) is 41.7 Å². The summed E-state index contributed by atoms with van der Waals surface area (Å²) in [5, 5.41) is 14.4. The molecule has 1 aromatic carbocycles. The maximum atomic E-state index is 10.5. The number of aryl methyl sites for hydroxylation is 1. The average molecular weight is 381 g/mol. The first-order valence-corrected chi connectivity index (χ1v) is 11.9. The molecule has 28 heavy (non-hydrogen) atoms. The predicted octanol–water partition coefficient (Wildman–Crippen LogP) is 4.08. The van der Waals surface area contributed by atoms with Gasteiger partial charge in [0.05, 0.1) is 0 Å². The second kappa shape index (κ2) is 5.98. The zero-order valence-corrected chi connectivity index (χ0v) is 17.6. The number of phenols is 1. The van der Waals surface area contributed by atoms with Crippen LogP contribution in [0.15, 0.2) is 18.2 Å². The van der Waals surface area contributed by atoms with E-state index in [9.17, 15) is 5.11 Å². The van der Waals surface area contributed by atoms with Gasteiger partial charge in [0.2, 0.25) is 0 Å². The molecule has 3 aliphatic carbocycles. The van der Waals surface area contributed by atoms with Crippen molar-refractivity contribution in [1.29, 1.82) is 0 Å². The molecular formula is C25H36N2O. The molecule has 5 unspecified atom stereocenters. The molecule has 5 fully saturated rings. The molecule has 0 amide bonds. The van der Waals surface area contributed by atoms with Gasteiger partial charge in [-0.1, -0.05) is 13.0 Å². The van der Waals surface area contributed by atoms with E-state index in [1.165, 1.54) is 69.3 Å². The lowest BCUT2D eigenvalue weighted by Gasteiger charge is -2.63. The summed E-state index contributed by atoms with van der Waals surface area (Å²) in [6, 6.07) is 7.67. The Morgan fingerprint density at radius 2 is 2.07 bits per heavy atom. The summed E-state index contributed by atoms with van der Waals surface area (Å²) in [7, 11) is 0. The van der Waals surface area contributed by atoms with Crippen LogP contribution in [0.2, 0.25) is 0 Å². The van der Waals surface area contributed by atoms with Crippen molar-refractivity contribution < 1.29 is 5.11 Å². The minimum absolute atomic E-state index is 0.258. The van der Waals surface area contributed by atoms with Crippen molar-refractivity contribution in [1.82, 2.24) is 10.2 Å². The van der Waals surface area contributed by atoms with Gasteiger partial charge in [-0.05, 0) is 111 Å². The van der Waals surface area contributed by atoms with E-state index in [-0.39, 0.29) is 5.41 Å². The Hall–Kier alpha value is -1.06. The number of hydrogen-bond acceptors (Lipinski definition) is 3. The van der Waals surface area contributed by atoms with Crippen LogP contribution in [0, 0.1) is 23.2 Å². The monoisotopic (exact) mass is 380 g/mol. The Morgan fingerprint density at radius 3 is 2.86 bits per heavy atom. The van der Waals surface area contributed by atoms with Crippen molar-refractivity contribution >= 4 is 0 Å². The number of aromatic hydroxyl groups is 1. The third kappa shape index (κ3) is 2.13. The Kier molecular flexibility index (Phi) is 3.80. The van der Waals surface area contributed by atoms with Crippen LogP contribution in [0.3, 0.4) is 0 Å². The van der Waals surface area contributed by atoms with Crippen molar-refractivity contribution in [3.63, 3.8) is 0 Å². The fourth-order valence-electron chi connectivity index (χ4n) is 8.61. The molecule has 1 aromatic rings. The fraction of sp³-hybridized carbons (Fsp3) is 0.760. The Balaban J connectivity index is 1.53. The van der Waals surface area contributed by atoms with E-state index in [2.05, 4.69) is 36.2 Å². The van der Waals surface area contributed by atoms with E-state index >= 15 is 0 Å². The van der Waals surface area contributed by atoms with Gasteiger partial charge in [-0.25, -0.2) is 0 Å². The molecule has 2 N–H and O–H groups in total. The van der Waals surface area contributed by atoms with Crippen molar-refractivity contribution in [3.05, 3.63) is 29.3 Å². The van der Waals surface area contributed by atoms with Gasteiger partial charge in [-0.2, -0.15) is 0 Å². The lowest BCUT2D eigenvalue weighted by Crippen LogP contribution is -2.66. The summed E-state index contributed by atoms with van der Waals surface area (Å²) in [6.07, 6.45) is 9.37. The normalized spacial score (nSPS) is 44.6. The van der Waals surface area contributed by atoms with Gasteiger partial charge < -0.3 is 10.4 Å². The summed E-state index contributed by atoms with van der Waals surface area (Å²) in [4.78, 5) is 2.87. The van der Waals surface area contributed by atoms with Gasteiger partial charge in [-0.15, -0.1) is 0 Å². The van der Waals surface area contributed by atoms with Gasteiger partial charge in [-0.3, -0.25) is 4.90 Å². The maximum absolute atomic E-state index is 10.5. The van der Waals surface area contributed by atoms with E-state index in [1.54, 1.807) is 0 Å². The number of nitrogens with zero attached hydrogens (tertiary/aromatic N) is 1. The minimum Gasteiger partial charge on any atom is -0.508 e. The maximum Gasteiger partial charge on any atom is 0.115 e. The SMILES string of the molecule is CCc1ccc(O)cc1C12CCN(CC3CC3)C(C)C13CCC1NC[C@@H](C3)C12. The molecule has 0 spiro atoms. The van der Waals surface area contributed by atoms with Gasteiger partial charge in [0.25, 0.3) is 0 Å². The third-order valence-electron chi connectivity index (χ3n) is 9.85. The molecule has 3 heteroatoms. The van der Waals surface area contributed by atoms with Crippen molar-refractivity contribution in [2.24, 2.45) is 23.2 Å². The number of nitrogens with one attached hydrogen (secondary N) is 1. The molecule has 3 saturated carbocycles. The van der Waals surface area contributed by atoms with Crippen LogP contribution in [0.1, 0.15) is 63.5 Å². The van der Waals surface area contributed by atoms with Crippen LogP contribution in [-0.2, 0) is 11.8 Å². The predicted molar refractivity (Wildman–Crippen MR) is 113 cm³/mol. The van der Waals surface area contributed by atoms with Crippen LogP contribution < -0.4 is 5.32 Å².